The van der Waals surface area contributed by atoms with E-state index < -0.39 is 21.8 Å². The highest BCUT2D eigenvalue weighted by Gasteiger charge is 2.67. The lowest BCUT2D eigenvalue weighted by molar-refractivity contribution is -0.138. The molecule has 0 amide bonds. The molecule has 0 bridgehead atoms. The fourth-order valence-electron chi connectivity index (χ4n) is 2.21. The number of benzene rings is 1. The zero-order chi connectivity index (χ0) is 12.7. The van der Waals surface area contributed by atoms with E-state index in [1.54, 1.807) is 0 Å². The second-order valence-electron chi connectivity index (χ2n) is 4.48. The highest BCUT2D eigenvalue weighted by molar-refractivity contribution is 6.52. The number of carbonyl (C=O) groups is 1. The molecule has 1 aliphatic rings. The first-order valence-electron chi connectivity index (χ1n) is 5.31. The van der Waals surface area contributed by atoms with E-state index in [0.29, 0.717) is 6.42 Å². The van der Waals surface area contributed by atoms with E-state index in [1.807, 2.05) is 30.3 Å². The highest BCUT2D eigenvalue weighted by atomic mass is 35.5. The number of alkyl halides is 2. The van der Waals surface area contributed by atoms with Crippen LogP contribution in [0, 0.1) is 0 Å². The number of aliphatic carboxylic acids is 1. The van der Waals surface area contributed by atoms with Crippen molar-refractivity contribution in [2.24, 2.45) is 5.73 Å². The molecule has 1 saturated carbocycles. The van der Waals surface area contributed by atoms with Gasteiger partial charge < -0.3 is 10.8 Å². The van der Waals surface area contributed by atoms with E-state index in [2.05, 4.69) is 0 Å². The minimum Gasteiger partial charge on any atom is -0.480 e. The number of carboxylic acids is 1. The Bertz CT molecular complexity index is 435. The van der Waals surface area contributed by atoms with Gasteiger partial charge in [-0.15, -0.1) is 23.2 Å². The first kappa shape index (κ1) is 12.7. The van der Waals surface area contributed by atoms with Gasteiger partial charge in [-0.3, -0.25) is 4.79 Å². The minimum atomic E-state index is -1.03. The van der Waals surface area contributed by atoms with Gasteiger partial charge in [0.05, 0.1) is 0 Å². The zero-order valence-corrected chi connectivity index (χ0v) is 10.6. The summed E-state index contributed by atoms with van der Waals surface area (Å²) in [5.74, 6) is -1.03. The predicted octanol–water partition coefficient (Wildman–Crippen LogP) is 2.30. The summed E-state index contributed by atoms with van der Waals surface area (Å²) in [6.45, 7) is 0. The third-order valence-corrected chi connectivity index (χ3v) is 4.30. The summed E-state index contributed by atoms with van der Waals surface area (Å²) in [7, 11) is 0. The summed E-state index contributed by atoms with van der Waals surface area (Å²) >= 11 is 12.3. The Morgan fingerprint density at radius 3 is 2.35 bits per heavy atom. The van der Waals surface area contributed by atoms with Crippen molar-refractivity contribution in [2.75, 3.05) is 0 Å². The number of carboxylic acid groups (broad SMARTS) is 1. The molecule has 5 heteroatoms. The molecule has 17 heavy (non-hydrogen) atoms. The molecule has 0 saturated heterocycles. The fraction of sp³-hybridized carbons (Fsp3) is 0.417. The smallest absolute Gasteiger partial charge is 0.320 e. The van der Waals surface area contributed by atoms with Gasteiger partial charge in [0.2, 0.25) is 0 Å². The van der Waals surface area contributed by atoms with Crippen LogP contribution in [0.5, 0.6) is 0 Å². The van der Waals surface area contributed by atoms with E-state index in [-0.39, 0.29) is 6.42 Å². The molecule has 1 aromatic carbocycles. The first-order valence-corrected chi connectivity index (χ1v) is 6.06. The van der Waals surface area contributed by atoms with Crippen molar-refractivity contribution in [1.29, 1.82) is 0 Å². The molecule has 2 unspecified atom stereocenters. The number of halogens is 2. The SMILES string of the molecule is NC(CC1(c2ccccc2)CC1(Cl)Cl)C(=O)O. The van der Waals surface area contributed by atoms with Gasteiger partial charge in [-0.05, 0) is 18.4 Å². The summed E-state index contributed by atoms with van der Waals surface area (Å²) in [5, 5.41) is 8.88. The molecule has 0 radical (unpaired) electrons. The molecule has 1 aliphatic carbocycles. The molecule has 2 rings (SSSR count). The van der Waals surface area contributed by atoms with Crippen molar-refractivity contribution in [3.05, 3.63) is 35.9 Å². The van der Waals surface area contributed by atoms with Crippen LogP contribution in [0.1, 0.15) is 18.4 Å². The number of hydrogen-bond acceptors (Lipinski definition) is 2. The van der Waals surface area contributed by atoms with Gasteiger partial charge in [0.15, 0.2) is 0 Å². The van der Waals surface area contributed by atoms with Crippen LogP contribution < -0.4 is 5.73 Å². The van der Waals surface area contributed by atoms with Gasteiger partial charge in [-0.1, -0.05) is 30.3 Å². The Balaban J connectivity index is 2.28. The van der Waals surface area contributed by atoms with E-state index in [9.17, 15) is 4.79 Å². The molecule has 2 atom stereocenters. The normalized spacial score (nSPS) is 27.5. The van der Waals surface area contributed by atoms with Gasteiger partial charge in [0.1, 0.15) is 10.4 Å². The molecule has 1 aromatic rings. The fourth-order valence-corrected chi connectivity index (χ4v) is 3.04. The maximum Gasteiger partial charge on any atom is 0.320 e. The second-order valence-corrected chi connectivity index (χ2v) is 5.96. The third-order valence-electron chi connectivity index (χ3n) is 3.31. The Kier molecular flexibility index (Phi) is 3.10. The molecule has 3 N–H and O–H groups in total. The van der Waals surface area contributed by atoms with E-state index in [0.717, 1.165) is 5.56 Å². The van der Waals surface area contributed by atoms with Crippen LogP contribution in [0.15, 0.2) is 30.3 Å². The summed E-state index contributed by atoms with van der Waals surface area (Å²) in [6, 6.07) is 8.51. The van der Waals surface area contributed by atoms with Gasteiger partial charge in [0, 0.05) is 5.41 Å². The summed E-state index contributed by atoms with van der Waals surface area (Å²) in [5.41, 5.74) is 6.00. The Morgan fingerprint density at radius 1 is 1.41 bits per heavy atom. The maximum atomic E-state index is 10.8. The largest absolute Gasteiger partial charge is 0.480 e. The van der Waals surface area contributed by atoms with Crippen LogP contribution in [0.25, 0.3) is 0 Å². The van der Waals surface area contributed by atoms with Crippen LogP contribution in [0.3, 0.4) is 0 Å². The van der Waals surface area contributed by atoms with Crippen molar-refractivity contribution in [3.63, 3.8) is 0 Å². The van der Waals surface area contributed by atoms with E-state index in [4.69, 9.17) is 34.0 Å². The predicted molar refractivity (Wildman–Crippen MR) is 67.4 cm³/mol. The van der Waals surface area contributed by atoms with Crippen LogP contribution in [0.2, 0.25) is 0 Å². The summed E-state index contributed by atoms with van der Waals surface area (Å²) in [6.07, 6.45) is 0.785. The standard InChI is InChI=1S/C12H13Cl2NO2/c13-12(14)7-11(12,6-9(15)10(16)17)8-4-2-1-3-5-8/h1-5,9H,6-7,15H2,(H,16,17). The van der Waals surface area contributed by atoms with Crippen molar-refractivity contribution in [2.45, 2.75) is 28.6 Å². The van der Waals surface area contributed by atoms with Crippen molar-refractivity contribution in [3.8, 4) is 0 Å². The highest BCUT2D eigenvalue weighted by Crippen LogP contribution is 2.66. The van der Waals surface area contributed by atoms with Crippen LogP contribution in [-0.2, 0) is 10.2 Å². The number of nitrogens with two attached hydrogens (primary N) is 1. The quantitative estimate of drug-likeness (QED) is 0.828. The topological polar surface area (TPSA) is 63.3 Å². The number of hydrogen-bond donors (Lipinski definition) is 2. The van der Waals surface area contributed by atoms with Crippen molar-refractivity contribution >= 4 is 29.2 Å². The Labute approximate surface area is 110 Å². The minimum absolute atomic E-state index is 0.249. The summed E-state index contributed by atoms with van der Waals surface area (Å²) < 4.78 is -0.915. The van der Waals surface area contributed by atoms with Gasteiger partial charge in [0.25, 0.3) is 0 Å². The van der Waals surface area contributed by atoms with Crippen molar-refractivity contribution in [1.82, 2.24) is 0 Å². The maximum absolute atomic E-state index is 10.8. The number of rotatable bonds is 4. The molecule has 1 fully saturated rings. The molecule has 3 nitrogen and oxygen atoms in total. The molecule has 0 heterocycles. The average molecular weight is 274 g/mol. The van der Waals surface area contributed by atoms with Gasteiger partial charge >= 0.3 is 5.97 Å². The van der Waals surface area contributed by atoms with Crippen molar-refractivity contribution < 1.29 is 9.90 Å². The van der Waals surface area contributed by atoms with Crippen LogP contribution >= 0.6 is 23.2 Å². The average Bonchev–Trinajstić information content (AvgIpc) is 2.83. The van der Waals surface area contributed by atoms with Gasteiger partial charge in [-0.2, -0.15) is 0 Å². The molecular formula is C12H13Cl2NO2. The van der Waals surface area contributed by atoms with E-state index in [1.165, 1.54) is 0 Å². The zero-order valence-electron chi connectivity index (χ0n) is 9.07. The molecule has 0 aliphatic heterocycles. The van der Waals surface area contributed by atoms with E-state index >= 15 is 0 Å². The van der Waals surface area contributed by atoms with Gasteiger partial charge in [-0.25, -0.2) is 0 Å². The van der Waals surface area contributed by atoms with Crippen LogP contribution in [-0.4, -0.2) is 21.5 Å². The molecule has 0 spiro atoms. The Hall–Kier alpha value is -0.770. The molecule has 0 aromatic heterocycles. The lowest BCUT2D eigenvalue weighted by atomic mass is 9.89. The second kappa shape index (κ2) is 4.16. The molecule has 92 valence electrons. The first-order chi connectivity index (χ1) is 7.89. The lowest BCUT2D eigenvalue weighted by Gasteiger charge is -2.20. The van der Waals surface area contributed by atoms with Crippen LogP contribution in [0.4, 0.5) is 0 Å². The summed E-state index contributed by atoms with van der Waals surface area (Å²) in [4.78, 5) is 10.8. The monoisotopic (exact) mass is 273 g/mol. The third kappa shape index (κ3) is 2.15. The lowest BCUT2D eigenvalue weighted by Crippen LogP contribution is -2.35. The molecular weight excluding hydrogens is 261 g/mol. The Morgan fingerprint density at radius 2 is 1.94 bits per heavy atom.